The lowest BCUT2D eigenvalue weighted by Crippen LogP contribution is -2.00. The summed E-state index contributed by atoms with van der Waals surface area (Å²) < 4.78 is 0. The highest BCUT2D eigenvalue weighted by molar-refractivity contribution is 5.83. The van der Waals surface area contributed by atoms with Gasteiger partial charge in [0.1, 0.15) is 6.33 Å². The van der Waals surface area contributed by atoms with Crippen LogP contribution >= 0.6 is 0 Å². The van der Waals surface area contributed by atoms with Crippen LogP contribution in [0.25, 0.3) is 10.9 Å². The molecule has 0 fully saturated rings. The Balaban J connectivity index is 1.84. The van der Waals surface area contributed by atoms with Crippen LogP contribution in [0.3, 0.4) is 0 Å². The molecule has 0 aliphatic rings. The van der Waals surface area contributed by atoms with E-state index in [1.807, 2.05) is 6.20 Å². The Morgan fingerprint density at radius 3 is 2.88 bits per heavy atom. The molecule has 3 aromatic rings. The van der Waals surface area contributed by atoms with Crippen molar-refractivity contribution in [3.8, 4) is 0 Å². The first-order valence-corrected chi connectivity index (χ1v) is 5.47. The van der Waals surface area contributed by atoms with Gasteiger partial charge in [0, 0.05) is 23.6 Å². The first-order valence-electron chi connectivity index (χ1n) is 5.47. The van der Waals surface area contributed by atoms with Crippen molar-refractivity contribution in [2.24, 2.45) is 0 Å². The Hall–Kier alpha value is -2.36. The molecule has 1 aromatic carbocycles. The quantitative estimate of drug-likeness (QED) is 0.719. The maximum absolute atomic E-state index is 3.97. The fourth-order valence-electron chi connectivity index (χ4n) is 1.89. The summed E-state index contributed by atoms with van der Waals surface area (Å²) in [5, 5.41) is 4.55. The van der Waals surface area contributed by atoms with Gasteiger partial charge in [0.25, 0.3) is 0 Å². The largest absolute Gasteiger partial charge is 0.378 e. The summed E-state index contributed by atoms with van der Waals surface area (Å²) in [6, 6.07) is 8.34. The Morgan fingerprint density at radius 1 is 1.12 bits per heavy atom. The number of nitrogens with zero attached hydrogens (tertiary/aromatic N) is 2. The summed E-state index contributed by atoms with van der Waals surface area (Å²) >= 11 is 0. The molecule has 0 unspecified atom stereocenters. The highest BCUT2D eigenvalue weighted by atomic mass is 14.9. The average molecular weight is 224 g/mol. The maximum atomic E-state index is 3.97. The normalized spacial score (nSPS) is 10.6. The lowest BCUT2D eigenvalue weighted by Gasteiger charge is -2.06. The van der Waals surface area contributed by atoms with Gasteiger partial charge in [-0.3, -0.25) is 0 Å². The van der Waals surface area contributed by atoms with Gasteiger partial charge < -0.3 is 10.3 Å². The van der Waals surface area contributed by atoms with E-state index in [9.17, 15) is 0 Å². The summed E-state index contributed by atoms with van der Waals surface area (Å²) in [5.74, 6) is 0. The van der Waals surface area contributed by atoms with Crippen molar-refractivity contribution >= 4 is 16.6 Å². The van der Waals surface area contributed by atoms with Gasteiger partial charge in [-0.1, -0.05) is 12.1 Å². The molecule has 0 atom stereocenters. The fraction of sp³-hybridized carbons (Fsp3) is 0.0769. The molecule has 2 heterocycles. The number of nitrogens with one attached hydrogen (secondary N) is 2. The lowest BCUT2D eigenvalue weighted by atomic mass is 10.1. The molecule has 0 saturated carbocycles. The van der Waals surface area contributed by atoms with Gasteiger partial charge >= 0.3 is 0 Å². The molecule has 4 nitrogen and oxygen atoms in total. The van der Waals surface area contributed by atoms with E-state index in [2.05, 4.69) is 44.5 Å². The lowest BCUT2D eigenvalue weighted by molar-refractivity contribution is 1.11. The van der Waals surface area contributed by atoms with Crippen LogP contribution in [-0.4, -0.2) is 15.0 Å². The van der Waals surface area contributed by atoms with Crippen LogP contribution < -0.4 is 5.32 Å². The molecule has 0 saturated heterocycles. The highest BCUT2D eigenvalue weighted by Crippen LogP contribution is 2.18. The number of anilines is 1. The summed E-state index contributed by atoms with van der Waals surface area (Å²) in [4.78, 5) is 11.1. The van der Waals surface area contributed by atoms with Gasteiger partial charge in [0.05, 0.1) is 18.1 Å². The summed E-state index contributed by atoms with van der Waals surface area (Å²) in [6.07, 6.45) is 7.02. The third-order valence-electron chi connectivity index (χ3n) is 2.73. The number of hydrogen-bond acceptors (Lipinski definition) is 3. The first kappa shape index (κ1) is 9.84. The molecule has 84 valence electrons. The second kappa shape index (κ2) is 4.25. The molecular formula is C13H12N4. The van der Waals surface area contributed by atoms with Crippen LogP contribution in [-0.2, 0) is 6.54 Å². The van der Waals surface area contributed by atoms with Crippen LogP contribution in [0.5, 0.6) is 0 Å². The zero-order chi connectivity index (χ0) is 11.5. The minimum atomic E-state index is 0.766. The minimum Gasteiger partial charge on any atom is -0.378 e. The van der Waals surface area contributed by atoms with E-state index in [1.165, 1.54) is 17.3 Å². The second-order valence-corrected chi connectivity index (χ2v) is 3.84. The van der Waals surface area contributed by atoms with Crippen molar-refractivity contribution in [1.82, 2.24) is 15.0 Å². The molecule has 2 N–H and O–H groups in total. The maximum Gasteiger partial charge on any atom is 0.115 e. The van der Waals surface area contributed by atoms with E-state index in [0.29, 0.717) is 0 Å². The Kier molecular flexibility index (Phi) is 2.46. The van der Waals surface area contributed by atoms with E-state index in [4.69, 9.17) is 0 Å². The first-order chi connectivity index (χ1) is 8.43. The average Bonchev–Trinajstić information content (AvgIpc) is 2.86. The number of H-pyrrole nitrogens is 1. The number of rotatable bonds is 3. The van der Waals surface area contributed by atoms with Crippen molar-refractivity contribution in [3.05, 3.63) is 54.7 Å². The predicted molar refractivity (Wildman–Crippen MR) is 67.7 cm³/mol. The smallest absolute Gasteiger partial charge is 0.115 e. The molecule has 2 aromatic heterocycles. The van der Waals surface area contributed by atoms with Gasteiger partial charge in [-0.2, -0.15) is 0 Å². The van der Waals surface area contributed by atoms with E-state index >= 15 is 0 Å². The topological polar surface area (TPSA) is 53.6 Å². The Bertz CT molecular complexity index is 615. The third kappa shape index (κ3) is 1.97. The molecule has 4 heteroatoms. The zero-order valence-corrected chi connectivity index (χ0v) is 9.22. The van der Waals surface area contributed by atoms with Gasteiger partial charge in [0.15, 0.2) is 0 Å². The molecule has 0 aliphatic heterocycles. The van der Waals surface area contributed by atoms with E-state index < -0.39 is 0 Å². The number of aromatic amines is 1. The van der Waals surface area contributed by atoms with Gasteiger partial charge in [-0.25, -0.2) is 9.97 Å². The van der Waals surface area contributed by atoms with E-state index in [-0.39, 0.29) is 0 Å². The van der Waals surface area contributed by atoms with Crippen LogP contribution in [0.1, 0.15) is 5.56 Å². The van der Waals surface area contributed by atoms with Crippen molar-refractivity contribution in [1.29, 1.82) is 0 Å². The SMILES string of the molecule is c1cc(CNc2cncnc2)c2cc[nH]c2c1. The van der Waals surface area contributed by atoms with Crippen molar-refractivity contribution in [2.45, 2.75) is 6.54 Å². The summed E-state index contributed by atoms with van der Waals surface area (Å²) in [7, 11) is 0. The fourth-order valence-corrected chi connectivity index (χ4v) is 1.89. The van der Waals surface area contributed by atoms with Crippen LogP contribution in [0, 0.1) is 0 Å². The number of hydrogen-bond donors (Lipinski definition) is 2. The Morgan fingerprint density at radius 2 is 2.00 bits per heavy atom. The van der Waals surface area contributed by atoms with Crippen LogP contribution in [0.4, 0.5) is 5.69 Å². The molecule has 0 bridgehead atoms. The van der Waals surface area contributed by atoms with E-state index in [1.54, 1.807) is 12.4 Å². The van der Waals surface area contributed by atoms with Gasteiger partial charge in [-0.15, -0.1) is 0 Å². The molecule has 17 heavy (non-hydrogen) atoms. The predicted octanol–water partition coefficient (Wildman–Crippen LogP) is 2.57. The van der Waals surface area contributed by atoms with Gasteiger partial charge in [-0.05, 0) is 17.7 Å². The van der Waals surface area contributed by atoms with Crippen molar-refractivity contribution < 1.29 is 0 Å². The third-order valence-corrected chi connectivity index (χ3v) is 2.73. The summed E-state index contributed by atoms with van der Waals surface area (Å²) in [6.45, 7) is 0.766. The standard InChI is InChI=1S/C13H12N4/c1-2-10(12-4-5-16-13(12)3-1)6-17-11-7-14-9-15-8-11/h1-5,7-9,16-17H,6H2. The number of fused-ring (bicyclic) bond motifs is 1. The van der Waals surface area contributed by atoms with Crippen LogP contribution in [0.15, 0.2) is 49.2 Å². The molecular weight excluding hydrogens is 212 g/mol. The molecule has 0 radical (unpaired) electrons. The molecule has 0 aliphatic carbocycles. The molecule has 0 amide bonds. The minimum absolute atomic E-state index is 0.766. The number of benzene rings is 1. The van der Waals surface area contributed by atoms with E-state index in [0.717, 1.165) is 17.7 Å². The van der Waals surface area contributed by atoms with Crippen LogP contribution in [0.2, 0.25) is 0 Å². The second-order valence-electron chi connectivity index (χ2n) is 3.84. The van der Waals surface area contributed by atoms with Gasteiger partial charge in [0.2, 0.25) is 0 Å². The Labute approximate surface area is 98.7 Å². The summed E-state index contributed by atoms with van der Waals surface area (Å²) in [5.41, 5.74) is 3.35. The van der Waals surface area contributed by atoms with Crippen molar-refractivity contribution in [2.75, 3.05) is 5.32 Å². The van der Waals surface area contributed by atoms with Crippen molar-refractivity contribution in [3.63, 3.8) is 0 Å². The number of aromatic nitrogens is 3. The zero-order valence-electron chi connectivity index (χ0n) is 9.22. The monoisotopic (exact) mass is 224 g/mol. The molecule has 0 spiro atoms. The molecule has 3 rings (SSSR count). The highest BCUT2D eigenvalue weighted by Gasteiger charge is 2.01.